The number of hydrogen-bond donors (Lipinski definition) is 1. The molecule has 0 aliphatic carbocycles. The van der Waals surface area contributed by atoms with Gasteiger partial charge < -0.3 is 5.11 Å². The van der Waals surface area contributed by atoms with Crippen LogP contribution in [0.1, 0.15) is 0 Å². The molecule has 1 N–H and O–H groups in total. The van der Waals surface area contributed by atoms with Gasteiger partial charge in [0.1, 0.15) is 10.9 Å². The second kappa shape index (κ2) is 4.36. The van der Waals surface area contributed by atoms with E-state index in [9.17, 15) is 4.79 Å². The van der Waals surface area contributed by atoms with Crippen molar-refractivity contribution in [1.82, 2.24) is 20.2 Å². The Morgan fingerprint density at radius 2 is 2.31 bits per heavy atom. The Kier molecular flexibility index (Phi) is 3.08. The fourth-order valence-corrected chi connectivity index (χ4v) is 2.58. The largest absolute Gasteiger partial charge is 0.480 e. The monoisotopic (exact) mass is 278 g/mol. The van der Waals surface area contributed by atoms with Crippen LogP contribution in [0.2, 0.25) is 8.67 Å². The van der Waals surface area contributed by atoms with Gasteiger partial charge in [0.05, 0.1) is 9.90 Å². The molecular weight excluding hydrogens is 275 g/mol. The van der Waals surface area contributed by atoms with Crippen molar-refractivity contribution in [2.24, 2.45) is 0 Å². The highest BCUT2D eigenvalue weighted by molar-refractivity contribution is 7.20. The molecule has 16 heavy (non-hydrogen) atoms. The summed E-state index contributed by atoms with van der Waals surface area (Å²) in [5.74, 6) is -0.749. The Hall–Kier alpha value is -1.18. The van der Waals surface area contributed by atoms with Crippen LogP contribution in [-0.4, -0.2) is 31.3 Å². The number of halogens is 2. The summed E-state index contributed by atoms with van der Waals surface area (Å²) in [4.78, 5) is 10.6. The molecule has 0 amide bonds. The predicted molar refractivity (Wildman–Crippen MR) is 58.8 cm³/mol. The number of rotatable bonds is 3. The van der Waals surface area contributed by atoms with Crippen molar-refractivity contribution >= 4 is 40.5 Å². The normalized spacial score (nSPS) is 10.6. The molecule has 2 aromatic rings. The van der Waals surface area contributed by atoms with Crippen LogP contribution in [0.5, 0.6) is 0 Å². The zero-order valence-corrected chi connectivity index (χ0v) is 9.92. The molecule has 0 spiro atoms. The van der Waals surface area contributed by atoms with Gasteiger partial charge in [-0.2, -0.15) is 0 Å². The number of aliphatic carboxylic acids is 1. The molecule has 0 bridgehead atoms. The number of nitrogens with zero attached hydrogens (tertiary/aromatic N) is 4. The molecule has 0 saturated heterocycles. The lowest BCUT2D eigenvalue weighted by Gasteiger charge is -1.99. The molecule has 9 heteroatoms. The number of carboxylic acid groups (broad SMARTS) is 1. The zero-order valence-electron chi connectivity index (χ0n) is 7.59. The van der Waals surface area contributed by atoms with Gasteiger partial charge in [-0.25, -0.2) is 4.68 Å². The lowest BCUT2D eigenvalue weighted by atomic mass is 10.3. The summed E-state index contributed by atoms with van der Waals surface area (Å²) in [6.07, 6.45) is 0. The lowest BCUT2D eigenvalue weighted by molar-refractivity contribution is -0.137. The van der Waals surface area contributed by atoms with Crippen LogP contribution in [0.15, 0.2) is 6.07 Å². The number of carbonyl (C=O) groups is 1. The zero-order chi connectivity index (χ0) is 11.7. The van der Waals surface area contributed by atoms with Crippen LogP contribution in [0.3, 0.4) is 0 Å². The Morgan fingerprint density at radius 1 is 1.56 bits per heavy atom. The van der Waals surface area contributed by atoms with Gasteiger partial charge in [-0.1, -0.05) is 23.2 Å². The van der Waals surface area contributed by atoms with Gasteiger partial charge in [0.15, 0.2) is 5.82 Å². The van der Waals surface area contributed by atoms with Crippen molar-refractivity contribution in [3.63, 3.8) is 0 Å². The molecular formula is C7H4Cl2N4O2S. The number of tetrazole rings is 1. The molecule has 0 fully saturated rings. The fourth-order valence-electron chi connectivity index (χ4n) is 1.12. The van der Waals surface area contributed by atoms with Crippen molar-refractivity contribution in [2.75, 3.05) is 0 Å². The van der Waals surface area contributed by atoms with E-state index in [1.54, 1.807) is 6.07 Å². The Labute approximate surface area is 103 Å². The predicted octanol–water partition coefficient (Wildman–Crippen LogP) is 1.79. The average Bonchev–Trinajstić information content (AvgIpc) is 2.72. The molecule has 0 aliphatic heterocycles. The first kappa shape index (κ1) is 11.3. The molecule has 0 aromatic carbocycles. The van der Waals surface area contributed by atoms with E-state index in [0.717, 1.165) is 4.68 Å². The summed E-state index contributed by atoms with van der Waals surface area (Å²) in [6.45, 7) is -0.327. The molecule has 6 nitrogen and oxygen atoms in total. The summed E-state index contributed by atoms with van der Waals surface area (Å²) < 4.78 is 2.06. The molecule has 0 atom stereocenters. The first-order chi connectivity index (χ1) is 7.58. The molecule has 2 rings (SSSR count). The smallest absolute Gasteiger partial charge is 0.325 e. The van der Waals surface area contributed by atoms with Gasteiger partial charge in [0, 0.05) is 0 Å². The van der Waals surface area contributed by atoms with Gasteiger partial charge in [-0.3, -0.25) is 4.79 Å². The standard InChI is InChI=1S/C7H4Cl2N4O2S/c8-4-1-3(6(9)16-4)7-10-11-12-13(7)2-5(14)15/h1H,2H2,(H,14,15). The Bertz CT molecular complexity index is 538. The maximum absolute atomic E-state index is 10.6. The summed E-state index contributed by atoms with van der Waals surface area (Å²) in [6, 6.07) is 1.60. The fraction of sp³-hybridized carbons (Fsp3) is 0.143. The molecule has 2 heterocycles. The highest BCUT2D eigenvalue weighted by atomic mass is 35.5. The van der Waals surface area contributed by atoms with Crippen LogP contribution in [-0.2, 0) is 11.3 Å². The van der Waals surface area contributed by atoms with Gasteiger partial charge in [-0.05, 0) is 16.5 Å². The van der Waals surface area contributed by atoms with E-state index in [-0.39, 0.29) is 12.4 Å². The van der Waals surface area contributed by atoms with Gasteiger partial charge in [0.25, 0.3) is 0 Å². The third-order valence-corrected chi connectivity index (χ3v) is 3.20. The first-order valence-corrected chi connectivity index (χ1v) is 5.58. The molecule has 2 aromatic heterocycles. The van der Waals surface area contributed by atoms with E-state index in [0.29, 0.717) is 14.2 Å². The third-order valence-electron chi connectivity index (χ3n) is 1.71. The second-order valence-corrected chi connectivity index (χ2v) is 5.08. The maximum Gasteiger partial charge on any atom is 0.325 e. The average molecular weight is 279 g/mol. The maximum atomic E-state index is 10.6. The minimum Gasteiger partial charge on any atom is -0.480 e. The SMILES string of the molecule is O=C(O)Cn1nnnc1-c1cc(Cl)sc1Cl. The number of aromatic nitrogens is 4. The third kappa shape index (κ3) is 2.16. The van der Waals surface area contributed by atoms with Crippen molar-refractivity contribution in [1.29, 1.82) is 0 Å². The minimum atomic E-state index is -1.04. The Balaban J connectivity index is 2.44. The van der Waals surface area contributed by atoms with Crippen LogP contribution < -0.4 is 0 Å². The summed E-state index contributed by atoms with van der Waals surface area (Å²) >= 11 is 12.9. The van der Waals surface area contributed by atoms with Crippen molar-refractivity contribution < 1.29 is 9.90 Å². The van der Waals surface area contributed by atoms with Crippen molar-refractivity contribution in [2.45, 2.75) is 6.54 Å². The van der Waals surface area contributed by atoms with E-state index < -0.39 is 5.97 Å². The van der Waals surface area contributed by atoms with Gasteiger partial charge >= 0.3 is 5.97 Å². The Morgan fingerprint density at radius 3 is 2.88 bits per heavy atom. The van der Waals surface area contributed by atoms with E-state index >= 15 is 0 Å². The van der Waals surface area contributed by atoms with Crippen molar-refractivity contribution in [3.8, 4) is 11.4 Å². The van der Waals surface area contributed by atoms with Crippen LogP contribution in [0.25, 0.3) is 11.4 Å². The lowest BCUT2D eigenvalue weighted by Crippen LogP contribution is -2.11. The summed E-state index contributed by atoms with van der Waals surface area (Å²) in [7, 11) is 0. The van der Waals surface area contributed by atoms with Crippen molar-refractivity contribution in [3.05, 3.63) is 14.7 Å². The van der Waals surface area contributed by atoms with Crippen LogP contribution in [0.4, 0.5) is 0 Å². The van der Waals surface area contributed by atoms with E-state index in [1.165, 1.54) is 11.3 Å². The summed E-state index contributed by atoms with van der Waals surface area (Å²) in [5.41, 5.74) is 0.530. The van der Waals surface area contributed by atoms with Gasteiger partial charge in [0.2, 0.25) is 0 Å². The van der Waals surface area contributed by atoms with E-state index in [4.69, 9.17) is 28.3 Å². The van der Waals surface area contributed by atoms with Crippen LogP contribution >= 0.6 is 34.5 Å². The quantitative estimate of drug-likeness (QED) is 0.926. The van der Waals surface area contributed by atoms with Crippen LogP contribution in [0, 0.1) is 0 Å². The van der Waals surface area contributed by atoms with E-state index in [1.807, 2.05) is 0 Å². The first-order valence-electron chi connectivity index (χ1n) is 4.01. The summed E-state index contributed by atoms with van der Waals surface area (Å²) in [5, 5.41) is 19.3. The molecule has 84 valence electrons. The number of thiophene rings is 1. The second-order valence-electron chi connectivity index (χ2n) is 2.79. The van der Waals surface area contributed by atoms with Gasteiger partial charge in [-0.15, -0.1) is 16.4 Å². The molecule has 0 radical (unpaired) electrons. The minimum absolute atomic E-state index is 0.288. The molecule has 0 unspecified atom stereocenters. The number of carboxylic acids is 1. The topological polar surface area (TPSA) is 80.9 Å². The number of hydrogen-bond acceptors (Lipinski definition) is 5. The highest BCUT2D eigenvalue weighted by Gasteiger charge is 2.16. The molecule has 0 aliphatic rings. The van der Waals surface area contributed by atoms with E-state index in [2.05, 4.69) is 15.5 Å². The highest BCUT2D eigenvalue weighted by Crippen LogP contribution is 2.36. The molecule has 0 saturated carbocycles.